The summed E-state index contributed by atoms with van der Waals surface area (Å²) in [5.41, 5.74) is 0. The molecule has 1 saturated heterocycles. The number of hydrogen-bond donors (Lipinski definition) is 0. The van der Waals surface area contributed by atoms with E-state index in [2.05, 4.69) is 11.8 Å². The molecule has 0 aromatic rings. The third-order valence-corrected chi connectivity index (χ3v) is 7.03. The van der Waals surface area contributed by atoms with Gasteiger partial charge in [0.2, 0.25) is 0 Å². The SMILES string of the molecule is CC(=O)OC1C2CC3CCC4CSC1C4C32. The first kappa shape index (κ1) is 9.81. The Balaban J connectivity index is 1.65. The lowest BCUT2D eigenvalue weighted by Crippen LogP contribution is -2.45. The average Bonchev–Trinajstić information content (AvgIpc) is 2.69. The van der Waals surface area contributed by atoms with Crippen LogP contribution in [0.1, 0.15) is 26.2 Å². The van der Waals surface area contributed by atoms with Gasteiger partial charge in [-0.2, -0.15) is 11.8 Å². The highest BCUT2D eigenvalue weighted by molar-refractivity contribution is 8.00. The molecule has 0 bridgehead atoms. The first-order chi connectivity index (χ1) is 7.75. The lowest BCUT2D eigenvalue weighted by Gasteiger charge is -2.49. The van der Waals surface area contributed by atoms with Crippen LogP contribution in [0.3, 0.4) is 0 Å². The molecule has 88 valence electrons. The van der Waals surface area contributed by atoms with Crippen LogP contribution in [0.15, 0.2) is 0 Å². The Hall–Kier alpha value is -0.180. The number of ether oxygens (including phenoxy) is 1. The predicted octanol–water partition coefficient (Wildman–Crippen LogP) is 2.33. The molecule has 3 saturated carbocycles. The van der Waals surface area contributed by atoms with Crippen LogP contribution in [0, 0.1) is 29.6 Å². The van der Waals surface area contributed by atoms with Crippen molar-refractivity contribution in [1.29, 1.82) is 0 Å². The van der Waals surface area contributed by atoms with E-state index in [1.54, 1.807) is 6.92 Å². The van der Waals surface area contributed by atoms with Gasteiger partial charge in [0.1, 0.15) is 6.10 Å². The summed E-state index contributed by atoms with van der Waals surface area (Å²) in [5, 5.41) is 0.647. The van der Waals surface area contributed by atoms with Crippen molar-refractivity contribution in [3.63, 3.8) is 0 Å². The van der Waals surface area contributed by atoms with E-state index in [-0.39, 0.29) is 12.1 Å². The molecule has 0 amide bonds. The van der Waals surface area contributed by atoms with Crippen molar-refractivity contribution in [3.05, 3.63) is 0 Å². The fourth-order valence-electron chi connectivity index (χ4n) is 4.95. The summed E-state index contributed by atoms with van der Waals surface area (Å²) in [5.74, 6) is 5.71. The van der Waals surface area contributed by atoms with E-state index in [9.17, 15) is 4.79 Å². The van der Waals surface area contributed by atoms with Gasteiger partial charge in [-0.15, -0.1) is 0 Å². The van der Waals surface area contributed by atoms with Gasteiger partial charge in [0.25, 0.3) is 0 Å². The topological polar surface area (TPSA) is 26.3 Å². The number of carbonyl (C=O) groups is 1. The molecule has 3 aliphatic carbocycles. The van der Waals surface area contributed by atoms with Gasteiger partial charge in [-0.3, -0.25) is 4.79 Å². The van der Waals surface area contributed by atoms with E-state index < -0.39 is 0 Å². The molecule has 0 spiro atoms. The van der Waals surface area contributed by atoms with Crippen molar-refractivity contribution in [3.8, 4) is 0 Å². The van der Waals surface area contributed by atoms with Crippen LogP contribution in [0.25, 0.3) is 0 Å². The van der Waals surface area contributed by atoms with Crippen molar-refractivity contribution in [2.24, 2.45) is 29.6 Å². The number of rotatable bonds is 1. The van der Waals surface area contributed by atoms with Crippen LogP contribution in [0.4, 0.5) is 0 Å². The van der Waals surface area contributed by atoms with Crippen molar-refractivity contribution in [2.45, 2.75) is 37.5 Å². The Labute approximate surface area is 100 Å². The lowest BCUT2D eigenvalue weighted by atomic mass is 9.56. The molecule has 1 aliphatic heterocycles. The van der Waals surface area contributed by atoms with E-state index in [1.807, 2.05) is 0 Å². The molecular formula is C13H18O2S. The summed E-state index contributed by atoms with van der Waals surface area (Å²) >= 11 is 2.09. The number of esters is 1. The van der Waals surface area contributed by atoms with E-state index in [0.29, 0.717) is 5.25 Å². The molecular weight excluding hydrogens is 220 g/mol. The Kier molecular flexibility index (Phi) is 1.95. The molecule has 0 radical (unpaired) electrons. The van der Waals surface area contributed by atoms with Crippen LogP contribution < -0.4 is 0 Å². The maximum Gasteiger partial charge on any atom is 0.302 e. The zero-order chi connectivity index (χ0) is 10.9. The summed E-state index contributed by atoms with van der Waals surface area (Å²) in [6.45, 7) is 1.56. The van der Waals surface area contributed by atoms with Gasteiger partial charge in [-0.25, -0.2) is 0 Å². The predicted molar refractivity (Wildman–Crippen MR) is 63.1 cm³/mol. The number of hydrogen-bond acceptors (Lipinski definition) is 3. The van der Waals surface area contributed by atoms with Crippen molar-refractivity contribution in [1.82, 2.24) is 0 Å². The highest BCUT2D eigenvalue weighted by atomic mass is 32.2. The van der Waals surface area contributed by atoms with E-state index in [0.717, 1.165) is 29.6 Å². The smallest absolute Gasteiger partial charge is 0.302 e. The zero-order valence-electron chi connectivity index (χ0n) is 9.59. The van der Waals surface area contributed by atoms with E-state index >= 15 is 0 Å². The summed E-state index contributed by atoms with van der Waals surface area (Å²) in [6, 6.07) is 0. The van der Waals surface area contributed by atoms with Gasteiger partial charge < -0.3 is 4.74 Å². The molecule has 4 fully saturated rings. The minimum absolute atomic E-state index is 0.0730. The lowest BCUT2D eigenvalue weighted by molar-refractivity contribution is -0.151. The van der Waals surface area contributed by atoms with Gasteiger partial charge in [-0.05, 0) is 48.7 Å². The second-order valence-corrected chi connectivity index (χ2v) is 7.23. The first-order valence-electron chi connectivity index (χ1n) is 6.54. The maximum atomic E-state index is 11.2. The first-order valence-corrected chi connectivity index (χ1v) is 7.59. The van der Waals surface area contributed by atoms with Gasteiger partial charge in [-0.1, -0.05) is 0 Å². The molecule has 7 atom stereocenters. The number of carbonyl (C=O) groups excluding carboxylic acids is 1. The third kappa shape index (κ3) is 1.08. The Bertz CT molecular complexity index is 343. The summed E-state index contributed by atoms with van der Waals surface area (Å²) in [4.78, 5) is 11.2. The molecule has 4 aliphatic rings. The Morgan fingerprint density at radius 3 is 2.88 bits per heavy atom. The fraction of sp³-hybridized carbons (Fsp3) is 0.923. The van der Waals surface area contributed by atoms with Crippen LogP contribution in [0.5, 0.6) is 0 Å². The largest absolute Gasteiger partial charge is 0.461 e. The second kappa shape index (κ2) is 3.18. The highest BCUT2D eigenvalue weighted by Gasteiger charge is 2.65. The molecule has 1 heterocycles. The standard InChI is InChI=1S/C13H18O2S/c1-6(14)15-12-9-4-7-2-3-8-5-16-13(12)11(8)10(7)9/h7-13H,2-5H2,1H3. The normalized spacial score (nSPS) is 56.7. The van der Waals surface area contributed by atoms with Gasteiger partial charge in [0.05, 0.1) is 0 Å². The fourth-order valence-corrected chi connectivity index (χ4v) is 6.88. The van der Waals surface area contributed by atoms with Gasteiger partial charge in [0.15, 0.2) is 0 Å². The molecule has 7 unspecified atom stereocenters. The third-order valence-electron chi connectivity index (χ3n) is 5.44. The van der Waals surface area contributed by atoms with Gasteiger partial charge >= 0.3 is 5.97 Å². The molecule has 0 aromatic heterocycles. The molecule has 3 heteroatoms. The van der Waals surface area contributed by atoms with Crippen LogP contribution >= 0.6 is 11.8 Å². The molecule has 0 N–H and O–H groups in total. The monoisotopic (exact) mass is 238 g/mol. The van der Waals surface area contributed by atoms with Crippen LogP contribution in [-0.2, 0) is 9.53 Å². The zero-order valence-corrected chi connectivity index (χ0v) is 10.4. The second-order valence-electron chi connectivity index (χ2n) is 6.02. The quantitative estimate of drug-likeness (QED) is 0.656. The molecule has 2 nitrogen and oxygen atoms in total. The highest BCUT2D eigenvalue weighted by Crippen LogP contribution is 2.67. The van der Waals surface area contributed by atoms with Gasteiger partial charge in [0, 0.05) is 18.1 Å². The summed E-state index contributed by atoms with van der Waals surface area (Å²) < 4.78 is 5.62. The van der Waals surface area contributed by atoms with Crippen LogP contribution in [0.2, 0.25) is 0 Å². The van der Waals surface area contributed by atoms with Crippen molar-refractivity contribution in [2.75, 3.05) is 5.75 Å². The van der Waals surface area contributed by atoms with Crippen LogP contribution in [-0.4, -0.2) is 23.1 Å². The molecule has 4 rings (SSSR count). The summed E-state index contributed by atoms with van der Waals surface area (Å²) in [7, 11) is 0. The maximum absolute atomic E-state index is 11.2. The van der Waals surface area contributed by atoms with E-state index in [4.69, 9.17) is 4.74 Å². The minimum atomic E-state index is -0.0730. The van der Waals surface area contributed by atoms with Crippen molar-refractivity contribution < 1.29 is 9.53 Å². The molecule has 0 aromatic carbocycles. The summed E-state index contributed by atoms with van der Waals surface area (Å²) in [6.07, 6.45) is 4.48. The Morgan fingerprint density at radius 2 is 2.06 bits per heavy atom. The molecule has 16 heavy (non-hydrogen) atoms. The van der Waals surface area contributed by atoms with Crippen molar-refractivity contribution >= 4 is 17.7 Å². The minimum Gasteiger partial charge on any atom is -0.461 e. The van der Waals surface area contributed by atoms with E-state index in [1.165, 1.54) is 25.0 Å². The average molecular weight is 238 g/mol. The number of thioether (sulfide) groups is 1. The Morgan fingerprint density at radius 1 is 1.25 bits per heavy atom.